The Morgan fingerprint density at radius 1 is 1.56 bits per heavy atom. The number of hydrogen-bond acceptors (Lipinski definition) is 4. The minimum Gasteiger partial charge on any atom is -0.385 e. The van der Waals surface area contributed by atoms with Gasteiger partial charge in [0.25, 0.3) is 0 Å². The van der Waals surface area contributed by atoms with E-state index in [1.807, 2.05) is 10.9 Å². The van der Waals surface area contributed by atoms with E-state index in [4.69, 9.17) is 10.5 Å². The maximum absolute atomic E-state index is 6.23. The average Bonchev–Trinajstić information content (AvgIpc) is 2.68. The van der Waals surface area contributed by atoms with E-state index in [9.17, 15) is 0 Å². The number of methoxy groups -OCH3 is 1. The zero-order valence-corrected chi connectivity index (χ0v) is 13.0. The first-order valence-electron chi connectivity index (χ1n) is 6.16. The van der Waals surface area contributed by atoms with E-state index in [1.54, 1.807) is 7.11 Å². The van der Waals surface area contributed by atoms with Gasteiger partial charge < -0.3 is 15.4 Å². The molecule has 2 N–H and O–H groups in total. The highest BCUT2D eigenvalue weighted by molar-refractivity contribution is 9.10. The van der Waals surface area contributed by atoms with Gasteiger partial charge in [-0.05, 0) is 42.9 Å². The van der Waals surface area contributed by atoms with Gasteiger partial charge in [0, 0.05) is 26.3 Å². The Balaban J connectivity index is 2.64. The lowest BCUT2D eigenvalue weighted by molar-refractivity contribution is 0.190. The van der Waals surface area contributed by atoms with Crippen LogP contribution in [0.3, 0.4) is 0 Å². The summed E-state index contributed by atoms with van der Waals surface area (Å²) in [6, 6.07) is -0.000753. The standard InChI is InChI=1S/C12H23BrN4O/c1-16(2)6-7-17-12(10(13)9-15-17)11(14)5-4-8-18-3/h9,11H,4-8,14H2,1-3H3. The highest BCUT2D eigenvalue weighted by Crippen LogP contribution is 2.24. The number of ether oxygens (including phenoxy) is 1. The second-order valence-electron chi connectivity index (χ2n) is 4.65. The van der Waals surface area contributed by atoms with Crippen molar-refractivity contribution in [3.63, 3.8) is 0 Å². The molecule has 0 saturated carbocycles. The highest BCUT2D eigenvalue weighted by Gasteiger charge is 2.16. The van der Waals surface area contributed by atoms with E-state index in [-0.39, 0.29) is 6.04 Å². The normalized spacial score (nSPS) is 13.2. The van der Waals surface area contributed by atoms with Crippen molar-refractivity contribution < 1.29 is 4.74 Å². The molecule has 0 aliphatic rings. The molecule has 104 valence electrons. The van der Waals surface area contributed by atoms with Gasteiger partial charge in [-0.2, -0.15) is 5.10 Å². The average molecular weight is 319 g/mol. The molecule has 0 radical (unpaired) electrons. The minimum absolute atomic E-state index is 0.000753. The van der Waals surface area contributed by atoms with Crippen molar-refractivity contribution in [3.05, 3.63) is 16.4 Å². The zero-order valence-electron chi connectivity index (χ0n) is 11.4. The smallest absolute Gasteiger partial charge is 0.0694 e. The van der Waals surface area contributed by atoms with Crippen molar-refractivity contribution in [3.8, 4) is 0 Å². The SMILES string of the molecule is COCCCC(N)c1c(Br)cnn1CCN(C)C. The Bertz CT molecular complexity index is 354. The zero-order chi connectivity index (χ0) is 13.5. The fraction of sp³-hybridized carbons (Fsp3) is 0.750. The van der Waals surface area contributed by atoms with Gasteiger partial charge in [0.2, 0.25) is 0 Å². The highest BCUT2D eigenvalue weighted by atomic mass is 79.9. The van der Waals surface area contributed by atoms with Crippen LogP contribution in [0.5, 0.6) is 0 Å². The van der Waals surface area contributed by atoms with Gasteiger partial charge in [0.05, 0.1) is 22.9 Å². The first kappa shape index (κ1) is 15.6. The fourth-order valence-electron chi connectivity index (χ4n) is 1.80. The monoisotopic (exact) mass is 318 g/mol. The Morgan fingerprint density at radius 3 is 2.89 bits per heavy atom. The minimum atomic E-state index is -0.000753. The maximum Gasteiger partial charge on any atom is 0.0694 e. The summed E-state index contributed by atoms with van der Waals surface area (Å²) >= 11 is 3.53. The van der Waals surface area contributed by atoms with Gasteiger partial charge in [-0.25, -0.2) is 0 Å². The van der Waals surface area contributed by atoms with Crippen molar-refractivity contribution in [2.75, 3.05) is 34.4 Å². The number of likely N-dealkylation sites (N-methyl/N-ethyl adjacent to an activating group) is 1. The lowest BCUT2D eigenvalue weighted by atomic mass is 10.1. The van der Waals surface area contributed by atoms with Crippen LogP contribution in [0.2, 0.25) is 0 Å². The van der Waals surface area contributed by atoms with Crippen LogP contribution in [-0.4, -0.2) is 49.0 Å². The molecule has 1 rings (SSSR count). The van der Waals surface area contributed by atoms with Crippen molar-refractivity contribution in [1.82, 2.24) is 14.7 Å². The molecule has 0 saturated heterocycles. The molecule has 0 aromatic carbocycles. The molecule has 1 aromatic heterocycles. The number of hydrogen-bond donors (Lipinski definition) is 1. The summed E-state index contributed by atoms with van der Waals surface area (Å²) in [5.74, 6) is 0. The number of aromatic nitrogens is 2. The Morgan fingerprint density at radius 2 is 2.28 bits per heavy atom. The third-order valence-electron chi connectivity index (χ3n) is 2.81. The van der Waals surface area contributed by atoms with Crippen LogP contribution in [-0.2, 0) is 11.3 Å². The largest absolute Gasteiger partial charge is 0.385 e. The van der Waals surface area contributed by atoms with Crippen LogP contribution in [0.15, 0.2) is 10.7 Å². The molecule has 6 heteroatoms. The number of halogens is 1. The van der Waals surface area contributed by atoms with Crippen LogP contribution in [0.25, 0.3) is 0 Å². The first-order chi connectivity index (χ1) is 8.56. The van der Waals surface area contributed by atoms with Gasteiger partial charge in [0.15, 0.2) is 0 Å². The number of rotatable bonds is 8. The molecule has 1 heterocycles. The van der Waals surface area contributed by atoms with Crippen LogP contribution in [0, 0.1) is 0 Å². The molecule has 1 aromatic rings. The van der Waals surface area contributed by atoms with Gasteiger partial charge in [-0.1, -0.05) is 0 Å². The van der Waals surface area contributed by atoms with Crippen LogP contribution in [0.1, 0.15) is 24.6 Å². The molecule has 0 fully saturated rings. The summed E-state index contributed by atoms with van der Waals surface area (Å²) in [5.41, 5.74) is 7.31. The lowest BCUT2D eigenvalue weighted by Crippen LogP contribution is -2.23. The summed E-state index contributed by atoms with van der Waals surface area (Å²) in [7, 11) is 5.82. The molecule has 18 heavy (non-hydrogen) atoms. The molecule has 0 aliphatic carbocycles. The Hall–Kier alpha value is -0.430. The third-order valence-corrected chi connectivity index (χ3v) is 3.42. The van der Waals surface area contributed by atoms with Crippen molar-refractivity contribution in [2.45, 2.75) is 25.4 Å². The van der Waals surface area contributed by atoms with Crippen molar-refractivity contribution >= 4 is 15.9 Å². The molecule has 0 aliphatic heterocycles. The molecular weight excluding hydrogens is 296 g/mol. The van der Waals surface area contributed by atoms with E-state index >= 15 is 0 Å². The number of nitrogens with zero attached hydrogens (tertiary/aromatic N) is 3. The van der Waals surface area contributed by atoms with Crippen molar-refractivity contribution in [1.29, 1.82) is 0 Å². The molecule has 1 atom stereocenters. The first-order valence-corrected chi connectivity index (χ1v) is 6.96. The summed E-state index contributed by atoms with van der Waals surface area (Å²) in [6.45, 7) is 2.55. The van der Waals surface area contributed by atoms with Gasteiger partial charge in [-0.15, -0.1) is 0 Å². The van der Waals surface area contributed by atoms with Crippen molar-refractivity contribution in [2.24, 2.45) is 5.73 Å². The van der Waals surface area contributed by atoms with Crippen LogP contribution >= 0.6 is 15.9 Å². The molecule has 0 spiro atoms. The van der Waals surface area contributed by atoms with Gasteiger partial charge in [0.1, 0.15) is 0 Å². The van der Waals surface area contributed by atoms with Crippen LogP contribution in [0.4, 0.5) is 0 Å². The second-order valence-corrected chi connectivity index (χ2v) is 5.50. The molecule has 0 bridgehead atoms. The lowest BCUT2D eigenvalue weighted by Gasteiger charge is -2.16. The third kappa shape index (κ3) is 4.68. The fourth-order valence-corrected chi connectivity index (χ4v) is 2.39. The maximum atomic E-state index is 6.23. The summed E-state index contributed by atoms with van der Waals surface area (Å²) in [4.78, 5) is 2.13. The number of nitrogens with two attached hydrogens (primary N) is 1. The second kappa shape index (κ2) is 7.89. The summed E-state index contributed by atoms with van der Waals surface area (Å²) in [5, 5.41) is 4.37. The van der Waals surface area contributed by atoms with Crippen LogP contribution < -0.4 is 5.73 Å². The summed E-state index contributed by atoms with van der Waals surface area (Å²) < 4.78 is 8.03. The predicted molar refractivity (Wildman–Crippen MR) is 76.5 cm³/mol. The van der Waals surface area contributed by atoms with E-state index in [1.165, 1.54) is 0 Å². The Labute approximate surface area is 117 Å². The molecule has 5 nitrogen and oxygen atoms in total. The molecule has 0 amide bonds. The topological polar surface area (TPSA) is 56.3 Å². The predicted octanol–water partition coefficient (Wildman–Crippen LogP) is 1.63. The van der Waals surface area contributed by atoms with E-state index in [0.29, 0.717) is 0 Å². The molecule has 1 unspecified atom stereocenters. The van der Waals surface area contributed by atoms with E-state index < -0.39 is 0 Å². The molecular formula is C12H23BrN4O. The van der Waals surface area contributed by atoms with E-state index in [2.05, 4.69) is 40.0 Å². The van der Waals surface area contributed by atoms with E-state index in [0.717, 1.165) is 42.7 Å². The summed E-state index contributed by atoms with van der Waals surface area (Å²) in [6.07, 6.45) is 3.68. The Kier molecular flexibility index (Phi) is 6.85. The van der Waals surface area contributed by atoms with Gasteiger partial charge in [-0.3, -0.25) is 4.68 Å². The quantitative estimate of drug-likeness (QED) is 0.740. The van der Waals surface area contributed by atoms with Gasteiger partial charge >= 0.3 is 0 Å².